The van der Waals surface area contributed by atoms with Crippen molar-refractivity contribution in [1.29, 1.82) is 0 Å². The average molecular weight is 454 g/mol. The minimum absolute atomic E-state index is 0.0404. The summed E-state index contributed by atoms with van der Waals surface area (Å²) in [6, 6.07) is 4.30. The second kappa shape index (κ2) is 5.91. The summed E-state index contributed by atoms with van der Waals surface area (Å²) in [5.74, 6) is 1.39. The molecule has 4 saturated carbocycles. The SMILES string of the molecule is CC(C)(C)C(C)(O)[C@H]1C[C@@]23CC[C@@]1(O)[C@@H]1Oc4c(O)ccc5c4[C@@]12CCN(CC1CC1)[C@@H]3C5. The summed E-state index contributed by atoms with van der Waals surface area (Å²) >= 11 is 0. The Balaban J connectivity index is 1.46. The van der Waals surface area contributed by atoms with Gasteiger partial charge in [0.1, 0.15) is 11.7 Å². The maximum atomic E-state index is 12.5. The van der Waals surface area contributed by atoms with E-state index in [1.165, 1.54) is 30.5 Å². The number of benzene rings is 1. The third kappa shape index (κ3) is 2.22. The van der Waals surface area contributed by atoms with Crippen molar-refractivity contribution in [3.8, 4) is 11.5 Å². The van der Waals surface area contributed by atoms with Gasteiger partial charge in [0.2, 0.25) is 0 Å². The lowest BCUT2D eigenvalue weighted by molar-refractivity contribution is -0.305. The summed E-state index contributed by atoms with van der Waals surface area (Å²) in [7, 11) is 0. The first-order valence-corrected chi connectivity index (χ1v) is 13.2. The van der Waals surface area contributed by atoms with Crippen LogP contribution < -0.4 is 4.74 Å². The van der Waals surface area contributed by atoms with Crippen LogP contribution in [-0.2, 0) is 11.8 Å². The number of fused-ring (bicyclic) bond motifs is 2. The van der Waals surface area contributed by atoms with E-state index in [2.05, 4.69) is 31.7 Å². The third-order valence-corrected chi connectivity index (χ3v) is 11.5. The van der Waals surface area contributed by atoms with E-state index in [0.717, 1.165) is 38.1 Å². The Morgan fingerprint density at radius 2 is 1.88 bits per heavy atom. The molecule has 1 unspecified atom stereocenters. The summed E-state index contributed by atoms with van der Waals surface area (Å²) in [6.07, 6.45) is 6.71. The van der Waals surface area contributed by atoms with Gasteiger partial charge in [0.15, 0.2) is 11.5 Å². The molecule has 2 spiro atoms. The van der Waals surface area contributed by atoms with Crippen LogP contribution in [0.3, 0.4) is 0 Å². The van der Waals surface area contributed by atoms with Crippen molar-refractivity contribution in [3.05, 3.63) is 23.3 Å². The molecule has 4 bridgehead atoms. The molecule has 8 rings (SSSR count). The second-order valence-electron chi connectivity index (χ2n) is 13.6. The van der Waals surface area contributed by atoms with E-state index in [1.54, 1.807) is 6.07 Å². The molecule has 0 radical (unpaired) electrons. The van der Waals surface area contributed by atoms with Crippen molar-refractivity contribution in [2.24, 2.45) is 22.7 Å². The third-order valence-electron chi connectivity index (χ3n) is 11.5. The number of hydrogen-bond acceptors (Lipinski definition) is 5. The molecule has 0 aromatic heterocycles. The Morgan fingerprint density at radius 1 is 1.12 bits per heavy atom. The van der Waals surface area contributed by atoms with Crippen LogP contribution in [0, 0.1) is 22.7 Å². The number of likely N-dealkylation sites (tertiary alicyclic amines) is 1. The van der Waals surface area contributed by atoms with E-state index < -0.39 is 17.3 Å². The molecular weight excluding hydrogens is 414 g/mol. The smallest absolute Gasteiger partial charge is 0.165 e. The molecule has 5 heteroatoms. The van der Waals surface area contributed by atoms with Gasteiger partial charge in [-0.3, -0.25) is 4.90 Å². The Morgan fingerprint density at radius 3 is 2.58 bits per heavy atom. The summed E-state index contributed by atoms with van der Waals surface area (Å²) < 4.78 is 6.68. The van der Waals surface area contributed by atoms with E-state index >= 15 is 0 Å². The van der Waals surface area contributed by atoms with Gasteiger partial charge in [-0.05, 0) is 81.4 Å². The highest BCUT2D eigenvalue weighted by atomic mass is 16.5. The van der Waals surface area contributed by atoms with Gasteiger partial charge in [-0.1, -0.05) is 26.8 Å². The maximum Gasteiger partial charge on any atom is 0.165 e. The Labute approximate surface area is 197 Å². The zero-order valence-electron chi connectivity index (χ0n) is 20.5. The molecule has 0 amide bonds. The quantitative estimate of drug-likeness (QED) is 0.650. The van der Waals surface area contributed by atoms with Crippen molar-refractivity contribution >= 4 is 0 Å². The molecule has 2 heterocycles. The molecule has 1 saturated heterocycles. The predicted molar refractivity (Wildman–Crippen MR) is 125 cm³/mol. The Bertz CT molecular complexity index is 1040. The molecule has 7 atom stereocenters. The number of rotatable bonds is 3. The Kier molecular flexibility index (Phi) is 3.76. The van der Waals surface area contributed by atoms with E-state index in [9.17, 15) is 15.3 Å². The highest BCUT2D eigenvalue weighted by Gasteiger charge is 2.81. The van der Waals surface area contributed by atoms with Gasteiger partial charge >= 0.3 is 0 Å². The van der Waals surface area contributed by atoms with Crippen LogP contribution in [0.4, 0.5) is 0 Å². The normalized spacial score (nSPS) is 44.8. The van der Waals surface area contributed by atoms with Crippen molar-refractivity contribution in [2.45, 2.75) is 101 Å². The monoisotopic (exact) mass is 453 g/mol. The minimum Gasteiger partial charge on any atom is -0.504 e. The zero-order valence-corrected chi connectivity index (χ0v) is 20.5. The highest BCUT2D eigenvalue weighted by Crippen LogP contribution is 2.77. The van der Waals surface area contributed by atoms with Crippen molar-refractivity contribution < 1.29 is 20.1 Å². The van der Waals surface area contributed by atoms with Gasteiger partial charge in [-0.2, -0.15) is 0 Å². The number of aromatic hydroxyl groups is 1. The first-order chi connectivity index (χ1) is 15.5. The van der Waals surface area contributed by atoms with Crippen LogP contribution in [0.5, 0.6) is 11.5 Å². The van der Waals surface area contributed by atoms with E-state index in [0.29, 0.717) is 18.2 Å². The molecule has 1 aromatic rings. The number of ether oxygens (including phenoxy) is 1. The number of phenols is 1. The van der Waals surface area contributed by atoms with Crippen molar-refractivity contribution in [2.75, 3.05) is 13.1 Å². The fraction of sp³-hybridized carbons (Fsp3) is 0.786. The number of phenolic OH excluding ortho intramolecular Hbond substituents is 1. The van der Waals surface area contributed by atoms with Crippen LogP contribution >= 0.6 is 0 Å². The number of piperidine rings is 1. The van der Waals surface area contributed by atoms with E-state index in [-0.39, 0.29) is 27.9 Å². The molecular formula is C28H39NO4. The topological polar surface area (TPSA) is 73.2 Å². The molecule has 5 fully saturated rings. The molecule has 33 heavy (non-hydrogen) atoms. The maximum absolute atomic E-state index is 12.5. The molecule has 2 aliphatic heterocycles. The van der Waals surface area contributed by atoms with Gasteiger partial charge < -0.3 is 20.1 Å². The summed E-state index contributed by atoms with van der Waals surface area (Å²) in [5.41, 5.74) is -0.323. The number of aliphatic hydroxyl groups is 2. The van der Waals surface area contributed by atoms with Crippen LogP contribution in [-0.4, -0.2) is 56.7 Å². The van der Waals surface area contributed by atoms with Gasteiger partial charge in [0.25, 0.3) is 0 Å². The summed E-state index contributed by atoms with van der Waals surface area (Å²) in [6.45, 7) is 10.4. The zero-order chi connectivity index (χ0) is 23.2. The summed E-state index contributed by atoms with van der Waals surface area (Å²) in [5, 5.41) is 35.3. The first-order valence-electron chi connectivity index (χ1n) is 13.2. The second-order valence-corrected chi connectivity index (χ2v) is 13.6. The minimum atomic E-state index is -1.11. The first kappa shape index (κ1) is 21.0. The van der Waals surface area contributed by atoms with Crippen LogP contribution in [0.15, 0.2) is 12.1 Å². The van der Waals surface area contributed by atoms with E-state index in [4.69, 9.17) is 4.74 Å². The number of nitrogens with zero attached hydrogens (tertiary/aromatic N) is 1. The van der Waals surface area contributed by atoms with E-state index in [1.807, 2.05) is 6.92 Å². The molecule has 7 aliphatic rings. The average Bonchev–Trinajstić information content (AvgIpc) is 3.48. The van der Waals surface area contributed by atoms with Gasteiger partial charge in [-0.15, -0.1) is 0 Å². The molecule has 1 aromatic carbocycles. The fourth-order valence-corrected chi connectivity index (χ4v) is 9.26. The summed E-state index contributed by atoms with van der Waals surface area (Å²) in [4.78, 5) is 2.77. The standard InChI is InChI=1S/C28H39NO4/c1-24(2,3)25(4,31)19-14-26-9-10-28(19,32)23-27(26)11-12-29(15-16-5-6-16)20(26)13-17-7-8-18(30)22(33-23)21(17)27/h7-8,16,19-20,23,30-32H,5-6,9-15H2,1-4H3/t19-,20-,23-,25?,26-,27+,28+/m1/s1. The van der Waals surface area contributed by atoms with Crippen LogP contribution in [0.1, 0.15) is 77.3 Å². The molecule has 3 N–H and O–H groups in total. The predicted octanol–water partition coefficient (Wildman–Crippen LogP) is 3.76. The van der Waals surface area contributed by atoms with Crippen LogP contribution in [0.2, 0.25) is 0 Å². The molecule has 180 valence electrons. The van der Waals surface area contributed by atoms with Crippen molar-refractivity contribution in [1.82, 2.24) is 4.90 Å². The lowest BCUT2D eigenvalue weighted by Crippen LogP contribution is -2.82. The lowest BCUT2D eigenvalue weighted by Gasteiger charge is -2.75. The van der Waals surface area contributed by atoms with Crippen molar-refractivity contribution in [3.63, 3.8) is 0 Å². The van der Waals surface area contributed by atoms with Gasteiger partial charge in [0.05, 0.1) is 5.60 Å². The van der Waals surface area contributed by atoms with Crippen LogP contribution in [0.25, 0.3) is 0 Å². The largest absolute Gasteiger partial charge is 0.504 e. The van der Waals surface area contributed by atoms with Gasteiger partial charge in [-0.25, -0.2) is 0 Å². The number of hydrogen-bond donors (Lipinski definition) is 3. The molecule has 5 nitrogen and oxygen atoms in total. The highest BCUT2D eigenvalue weighted by molar-refractivity contribution is 5.63. The molecule has 5 aliphatic carbocycles. The van der Waals surface area contributed by atoms with Gasteiger partial charge in [0, 0.05) is 34.9 Å². The lowest BCUT2D eigenvalue weighted by atomic mass is 9.33. The Hall–Kier alpha value is -1.30. The fourth-order valence-electron chi connectivity index (χ4n) is 9.26.